The number of likely N-dealkylation sites (N-methyl/N-ethyl adjacent to an activating group) is 1. The number of hydrogen-bond donors (Lipinski definition) is 1. The van der Waals surface area contributed by atoms with E-state index in [0.29, 0.717) is 23.0 Å². The van der Waals surface area contributed by atoms with Crippen LogP contribution in [0.25, 0.3) is 17.0 Å². The van der Waals surface area contributed by atoms with Gasteiger partial charge in [-0.05, 0) is 24.6 Å². The second-order valence-corrected chi connectivity index (χ2v) is 6.57. The topological polar surface area (TPSA) is 53.7 Å². The molecule has 0 amide bonds. The fraction of sp³-hybridized carbons (Fsp3) is 0.250. The lowest BCUT2D eigenvalue weighted by Gasteiger charge is -2.17. The molecule has 0 saturated carbocycles. The number of anilines is 1. The molecule has 1 aromatic carbocycles. The van der Waals surface area contributed by atoms with Gasteiger partial charge in [-0.1, -0.05) is 39.7 Å². The number of benzene rings is 1. The molecule has 3 rings (SSSR count). The Morgan fingerprint density at radius 3 is 2.91 bits per heavy atom. The van der Waals surface area contributed by atoms with E-state index in [1.807, 2.05) is 49.3 Å². The minimum absolute atomic E-state index is 0.0754. The lowest BCUT2D eigenvalue weighted by molar-refractivity contribution is 0.304. The molecule has 0 aliphatic rings. The SMILES string of the molecule is Cc1c(Br)cccc1-c1nc2c(Cl)cc(N(C)CCO)cn2n1. The zero-order valence-corrected chi connectivity index (χ0v) is 15.1. The molecule has 0 unspecified atom stereocenters. The summed E-state index contributed by atoms with van der Waals surface area (Å²) in [5.74, 6) is 0.632. The van der Waals surface area contributed by atoms with Gasteiger partial charge >= 0.3 is 0 Å². The van der Waals surface area contributed by atoms with Crippen molar-refractivity contribution in [2.75, 3.05) is 25.1 Å². The van der Waals surface area contributed by atoms with E-state index in [1.54, 1.807) is 4.52 Å². The molecule has 0 aliphatic heterocycles. The number of rotatable bonds is 4. The van der Waals surface area contributed by atoms with Gasteiger partial charge in [0.25, 0.3) is 0 Å². The zero-order valence-electron chi connectivity index (χ0n) is 12.8. The second-order valence-electron chi connectivity index (χ2n) is 5.31. The number of fused-ring (bicyclic) bond motifs is 1. The Labute approximate surface area is 147 Å². The largest absolute Gasteiger partial charge is 0.395 e. The Hall–Kier alpha value is -1.63. The molecule has 23 heavy (non-hydrogen) atoms. The summed E-state index contributed by atoms with van der Waals surface area (Å²) in [6.45, 7) is 2.62. The number of halogens is 2. The van der Waals surface area contributed by atoms with Crippen LogP contribution in [0.4, 0.5) is 5.69 Å². The van der Waals surface area contributed by atoms with E-state index in [1.165, 1.54) is 0 Å². The second kappa shape index (κ2) is 6.47. The number of hydrogen-bond acceptors (Lipinski definition) is 4. The van der Waals surface area contributed by atoms with Gasteiger partial charge in [0.1, 0.15) is 0 Å². The minimum atomic E-state index is 0.0754. The first kappa shape index (κ1) is 16.2. The molecule has 2 aromatic heterocycles. The molecule has 2 heterocycles. The van der Waals surface area contributed by atoms with Crippen molar-refractivity contribution in [1.29, 1.82) is 0 Å². The summed E-state index contributed by atoms with van der Waals surface area (Å²) >= 11 is 9.89. The highest BCUT2D eigenvalue weighted by Gasteiger charge is 2.14. The van der Waals surface area contributed by atoms with E-state index in [-0.39, 0.29) is 6.61 Å². The van der Waals surface area contributed by atoms with Crippen molar-refractivity contribution in [3.63, 3.8) is 0 Å². The van der Waals surface area contributed by atoms with E-state index in [2.05, 4.69) is 26.0 Å². The van der Waals surface area contributed by atoms with Crippen LogP contribution in [0.1, 0.15) is 5.56 Å². The van der Waals surface area contributed by atoms with E-state index in [9.17, 15) is 0 Å². The monoisotopic (exact) mass is 394 g/mol. The molecule has 0 spiro atoms. The highest BCUT2D eigenvalue weighted by molar-refractivity contribution is 9.10. The fourth-order valence-corrected chi connectivity index (χ4v) is 2.99. The van der Waals surface area contributed by atoms with Crippen LogP contribution in [0.3, 0.4) is 0 Å². The fourth-order valence-electron chi connectivity index (χ4n) is 2.38. The third-order valence-electron chi connectivity index (χ3n) is 3.76. The Balaban J connectivity index is 2.12. The Kier molecular flexibility index (Phi) is 4.57. The summed E-state index contributed by atoms with van der Waals surface area (Å²) in [5, 5.41) is 14.2. The third kappa shape index (κ3) is 3.06. The molecule has 120 valence electrons. The van der Waals surface area contributed by atoms with Gasteiger partial charge in [0, 0.05) is 23.6 Å². The predicted molar refractivity (Wildman–Crippen MR) is 96.2 cm³/mol. The number of aliphatic hydroxyl groups excluding tert-OH is 1. The molecule has 3 aromatic rings. The van der Waals surface area contributed by atoms with Gasteiger partial charge in [-0.25, -0.2) is 9.50 Å². The maximum Gasteiger partial charge on any atom is 0.182 e. The van der Waals surface area contributed by atoms with Crippen LogP contribution >= 0.6 is 27.5 Å². The smallest absolute Gasteiger partial charge is 0.182 e. The summed E-state index contributed by atoms with van der Waals surface area (Å²) in [7, 11) is 1.89. The van der Waals surface area contributed by atoms with Crippen LogP contribution in [-0.4, -0.2) is 39.9 Å². The Morgan fingerprint density at radius 2 is 2.17 bits per heavy atom. The third-order valence-corrected chi connectivity index (χ3v) is 4.90. The van der Waals surface area contributed by atoms with E-state index in [0.717, 1.165) is 21.3 Å². The van der Waals surface area contributed by atoms with Crippen LogP contribution in [0.2, 0.25) is 5.02 Å². The Bertz CT molecular complexity index is 865. The van der Waals surface area contributed by atoms with Crippen molar-refractivity contribution in [3.8, 4) is 11.4 Å². The predicted octanol–water partition coefficient (Wildman–Crippen LogP) is 3.55. The summed E-state index contributed by atoms with van der Waals surface area (Å²) in [4.78, 5) is 6.48. The van der Waals surface area contributed by atoms with Crippen molar-refractivity contribution >= 4 is 38.9 Å². The molecule has 5 nitrogen and oxygen atoms in total. The number of aromatic nitrogens is 3. The Morgan fingerprint density at radius 1 is 1.39 bits per heavy atom. The molecule has 0 saturated heterocycles. The highest BCUT2D eigenvalue weighted by atomic mass is 79.9. The van der Waals surface area contributed by atoms with Crippen molar-refractivity contribution in [1.82, 2.24) is 14.6 Å². The molecule has 1 N–H and O–H groups in total. The molecule has 7 heteroatoms. The summed E-state index contributed by atoms with van der Waals surface area (Å²) in [6.07, 6.45) is 1.86. The number of nitrogens with zero attached hydrogens (tertiary/aromatic N) is 4. The first-order valence-corrected chi connectivity index (χ1v) is 8.31. The highest BCUT2D eigenvalue weighted by Crippen LogP contribution is 2.29. The molecule has 0 aliphatic carbocycles. The van der Waals surface area contributed by atoms with Crippen LogP contribution in [0.5, 0.6) is 0 Å². The van der Waals surface area contributed by atoms with Crippen LogP contribution in [0.15, 0.2) is 34.9 Å². The van der Waals surface area contributed by atoms with Crippen LogP contribution in [-0.2, 0) is 0 Å². The minimum Gasteiger partial charge on any atom is -0.395 e. The molecule has 0 bridgehead atoms. The summed E-state index contributed by atoms with van der Waals surface area (Å²) in [6, 6.07) is 7.77. The maximum absolute atomic E-state index is 9.08. The van der Waals surface area contributed by atoms with Crippen LogP contribution in [0, 0.1) is 6.92 Å². The van der Waals surface area contributed by atoms with Crippen molar-refractivity contribution in [2.45, 2.75) is 6.92 Å². The van der Waals surface area contributed by atoms with Crippen molar-refractivity contribution in [2.24, 2.45) is 0 Å². The average Bonchev–Trinajstić information content (AvgIpc) is 2.94. The van der Waals surface area contributed by atoms with Crippen molar-refractivity contribution in [3.05, 3.63) is 45.5 Å². The van der Waals surface area contributed by atoms with Gasteiger partial charge < -0.3 is 10.0 Å². The molecular formula is C16H16BrClN4O. The summed E-state index contributed by atoms with van der Waals surface area (Å²) in [5.41, 5.74) is 3.53. The lowest BCUT2D eigenvalue weighted by Crippen LogP contribution is -2.21. The standard InChI is InChI=1S/C16H16BrClN4O/c1-10-12(4-3-5-13(10)17)15-19-16-14(18)8-11(9-22(16)20-15)21(2)6-7-23/h3-5,8-9,23H,6-7H2,1-2H3. The quantitative estimate of drug-likeness (QED) is 0.734. The first-order valence-electron chi connectivity index (χ1n) is 7.14. The van der Waals surface area contributed by atoms with E-state index in [4.69, 9.17) is 16.7 Å². The van der Waals surface area contributed by atoms with Gasteiger partial charge in [-0.3, -0.25) is 0 Å². The number of aliphatic hydroxyl groups is 1. The normalized spacial score (nSPS) is 11.2. The average molecular weight is 396 g/mol. The van der Waals surface area contributed by atoms with Gasteiger partial charge in [0.05, 0.1) is 23.5 Å². The van der Waals surface area contributed by atoms with E-state index < -0.39 is 0 Å². The summed E-state index contributed by atoms with van der Waals surface area (Å²) < 4.78 is 2.70. The maximum atomic E-state index is 9.08. The molecule has 0 fully saturated rings. The molecular weight excluding hydrogens is 380 g/mol. The molecule has 0 radical (unpaired) electrons. The van der Waals surface area contributed by atoms with Gasteiger partial charge in [-0.15, -0.1) is 5.10 Å². The molecule has 0 atom stereocenters. The zero-order chi connectivity index (χ0) is 16.6. The van der Waals surface area contributed by atoms with Gasteiger partial charge in [0.2, 0.25) is 0 Å². The van der Waals surface area contributed by atoms with Crippen molar-refractivity contribution < 1.29 is 5.11 Å². The van der Waals surface area contributed by atoms with Crippen LogP contribution < -0.4 is 4.90 Å². The number of pyridine rings is 1. The van der Waals surface area contributed by atoms with Gasteiger partial charge in [-0.2, -0.15) is 0 Å². The lowest BCUT2D eigenvalue weighted by atomic mass is 10.1. The first-order chi connectivity index (χ1) is 11.0. The van der Waals surface area contributed by atoms with Gasteiger partial charge in [0.15, 0.2) is 11.5 Å². The van der Waals surface area contributed by atoms with E-state index >= 15 is 0 Å².